The van der Waals surface area contributed by atoms with Crippen molar-refractivity contribution in [3.05, 3.63) is 59.7 Å². The minimum Gasteiger partial charge on any atom is -0.293 e. The largest absolute Gasteiger partial charge is 0.293 e. The average Bonchev–Trinajstić information content (AvgIpc) is 2.45. The van der Waals surface area contributed by atoms with Crippen LogP contribution in [-0.2, 0) is 10.0 Å². The van der Waals surface area contributed by atoms with E-state index in [1.165, 1.54) is 11.8 Å². The van der Waals surface area contributed by atoms with Crippen molar-refractivity contribution in [1.29, 1.82) is 0 Å². The third-order valence-corrected chi connectivity index (χ3v) is 4.84. The molecule has 0 saturated carbocycles. The van der Waals surface area contributed by atoms with Crippen molar-refractivity contribution < 1.29 is 13.2 Å². The van der Waals surface area contributed by atoms with Gasteiger partial charge in [0.05, 0.1) is 11.5 Å². The molecule has 0 aliphatic rings. The second kappa shape index (κ2) is 7.19. The van der Waals surface area contributed by atoms with Crippen LogP contribution >= 0.6 is 11.8 Å². The third kappa shape index (κ3) is 5.41. The van der Waals surface area contributed by atoms with Gasteiger partial charge in [0.15, 0.2) is 5.78 Å². The summed E-state index contributed by atoms with van der Waals surface area (Å²) in [5.41, 5.74) is 2.17. The lowest BCUT2D eigenvalue weighted by molar-refractivity contribution is 0.0994. The number of nitrogens with one attached hydrogen (secondary N) is 1. The molecule has 1 N–H and O–H groups in total. The van der Waals surface area contributed by atoms with Gasteiger partial charge in [-0.2, -0.15) is 0 Å². The van der Waals surface area contributed by atoms with Crippen LogP contribution in [0.4, 0.5) is 5.69 Å². The molecule has 1 unspecified atom stereocenters. The number of anilines is 1. The Labute approximate surface area is 141 Å². The monoisotopic (exact) mass is 349 g/mol. The SMILES string of the molecule is Cc1cccc(SC(C)C(=O)c2ccc(NS(C)(=O)=O)cc2)c1. The predicted molar refractivity (Wildman–Crippen MR) is 95.7 cm³/mol. The lowest BCUT2D eigenvalue weighted by atomic mass is 10.1. The summed E-state index contributed by atoms with van der Waals surface area (Å²) in [6.07, 6.45) is 1.09. The molecule has 0 aliphatic heterocycles. The van der Waals surface area contributed by atoms with Crippen molar-refractivity contribution in [3.8, 4) is 0 Å². The fraction of sp³-hybridized carbons (Fsp3) is 0.235. The highest BCUT2D eigenvalue weighted by atomic mass is 32.2. The van der Waals surface area contributed by atoms with Crippen molar-refractivity contribution in [1.82, 2.24) is 0 Å². The average molecular weight is 349 g/mol. The van der Waals surface area contributed by atoms with Crippen LogP contribution in [0.1, 0.15) is 22.8 Å². The summed E-state index contributed by atoms with van der Waals surface area (Å²) in [7, 11) is -3.31. The van der Waals surface area contributed by atoms with Crippen LogP contribution in [0.25, 0.3) is 0 Å². The Morgan fingerprint density at radius 1 is 1.13 bits per heavy atom. The van der Waals surface area contributed by atoms with Gasteiger partial charge in [0.1, 0.15) is 0 Å². The first-order valence-corrected chi connectivity index (χ1v) is 9.87. The van der Waals surface area contributed by atoms with Gasteiger partial charge in [-0.15, -0.1) is 11.8 Å². The van der Waals surface area contributed by atoms with Crippen molar-refractivity contribution in [2.24, 2.45) is 0 Å². The van der Waals surface area contributed by atoms with Crippen molar-refractivity contribution >= 4 is 33.3 Å². The Kier molecular flexibility index (Phi) is 5.49. The highest BCUT2D eigenvalue weighted by Crippen LogP contribution is 2.26. The maximum absolute atomic E-state index is 12.5. The fourth-order valence-corrected chi connectivity index (χ4v) is 3.72. The molecule has 0 bridgehead atoms. The lowest BCUT2D eigenvalue weighted by Crippen LogP contribution is -2.14. The summed E-state index contributed by atoms with van der Waals surface area (Å²) < 4.78 is 24.7. The smallest absolute Gasteiger partial charge is 0.229 e. The molecule has 2 aromatic carbocycles. The van der Waals surface area contributed by atoms with Crippen LogP contribution in [0.3, 0.4) is 0 Å². The number of carbonyl (C=O) groups is 1. The number of carbonyl (C=O) groups excluding carboxylic acids is 1. The summed E-state index contributed by atoms with van der Waals surface area (Å²) in [6, 6.07) is 14.5. The highest BCUT2D eigenvalue weighted by molar-refractivity contribution is 8.00. The van der Waals surface area contributed by atoms with Crippen LogP contribution in [0.5, 0.6) is 0 Å². The van der Waals surface area contributed by atoms with Crippen LogP contribution in [0.2, 0.25) is 0 Å². The Balaban J connectivity index is 2.07. The van der Waals surface area contributed by atoms with Gasteiger partial charge in [0.25, 0.3) is 0 Å². The Hall–Kier alpha value is -1.79. The van der Waals surface area contributed by atoms with E-state index in [0.29, 0.717) is 11.3 Å². The second-order valence-corrected chi connectivity index (χ2v) is 8.56. The second-order valence-electron chi connectivity index (χ2n) is 5.39. The molecule has 2 rings (SSSR count). The predicted octanol–water partition coefficient (Wildman–Crippen LogP) is 3.73. The van der Waals surface area contributed by atoms with Crippen LogP contribution in [0, 0.1) is 6.92 Å². The zero-order chi connectivity index (χ0) is 17.0. The van der Waals surface area contributed by atoms with E-state index in [-0.39, 0.29) is 11.0 Å². The van der Waals surface area contributed by atoms with E-state index in [9.17, 15) is 13.2 Å². The number of sulfonamides is 1. The Morgan fingerprint density at radius 3 is 2.35 bits per heavy atom. The normalized spacial score (nSPS) is 12.7. The zero-order valence-electron chi connectivity index (χ0n) is 13.2. The van der Waals surface area contributed by atoms with Gasteiger partial charge >= 0.3 is 0 Å². The molecule has 0 radical (unpaired) electrons. The quantitative estimate of drug-likeness (QED) is 0.637. The van der Waals surface area contributed by atoms with Crippen LogP contribution < -0.4 is 4.72 Å². The zero-order valence-corrected chi connectivity index (χ0v) is 14.9. The van der Waals surface area contributed by atoms with E-state index in [1.807, 2.05) is 38.1 Å². The number of hydrogen-bond donors (Lipinski definition) is 1. The lowest BCUT2D eigenvalue weighted by Gasteiger charge is -2.11. The number of rotatable bonds is 6. The summed E-state index contributed by atoms with van der Waals surface area (Å²) in [6.45, 7) is 3.89. The van der Waals surface area contributed by atoms with Gasteiger partial charge in [0.2, 0.25) is 10.0 Å². The van der Waals surface area contributed by atoms with Gasteiger partial charge in [-0.1, -0.05) is 17.7 Å². The molecule has 6 heteroatoms. The van der Waals surface area contributed by atoms with E-state index in [4.69, 9.17) is 0 Å². The van der Waals surface area contributed by atoms with Crippen molar-refractivity contribution in [2.45, 2.75) is 24.0 Å². The summed E-state index contributed by atoms with van der Waals surface area (Å²) in [4.78, 5) is 13.5. The van der Waals surface area contributed by atoms with Gasteiger partial charge in [-0.05, 0) is 50.2 Å². The van der Waals surface area contributed by atoms with E-state index >= 15 is 0 Å². The molecule has 4 nitrogen and oxygen atoms in total. The summed E-state index contributed by atoms with van der Waals surface area (Å²) in [5.74, 6) is 0.0161. The van der Waals surface area contributed by atoms with E-state index in [2.05, 4.69) is 4.72 Å². The van der Waals surface area contributed by atoms with Gasteiger partial charge in [-0.25, -0.2) is 8.42 Å². The van der Waals surface area contributed by atoms with Gasteiger partial charge in [0, 0.05) is 16.1 Å². The van der Waals surface area contributed by atoms with Crippen LogP contribution in [-0.4, -0.2) is 25.7 Å². The number of thioether (sulfide) groups is 1. The first-order valence-electron chi connectivity index (χ1n) is 7.10. The molecule has 0 amide bonds. The molecule has 0 saturated heterocycles. The number of hydrogen-bond acceptors (Lipinski definition) is 4. The minimum atomic E-state index is -3.31. The molecule has 0 heterocycles. The van der Waals surface area contributed by atoms with Crippen molar-refractivity contribution in [2.75, 3.05) is 11.0 Å². The first-order chi connectivity index (χ1) is 10.7. The molecule has 0 aromatic heterocycles. The molecule has 0 fully saturated rings. The molecule has 0 spiro atoms. The molecule has 23 heavy (non-hydrogen) atoms. The maximum atomic E-state index is 12.5. The Morgan fingerprint density at radius 2 is 1.78 bits per heavy atom. The van der Waals surface area contributed by atoms with Gasteiger partial charge < -0.3 is 0 Å². The minimum absolute atomic E-state index is 0.0161. The molecular weight excluding hydrogens is 330 g/mol. The molecule has 1 atom stereocenters. The topological polar surface area (TPSA) is 63.2 Å². The standard InChI is InChI=1S/C17H19NO3S2/c1-12-5-4-6-16(11-12)22-13(2)17(19)14-7-9-15(10-8-14)18-23(3,20)21/h4-11,13,18H,1-3H3. The number of aryl methyl sites for hydroxylation is 1. The Bertz CT molecular complexity index is 799. The molecule has 122 valence electrons. The van der Waals surface area contributed by atoms with Crippen LogP contribution in [0.15, 0.2) is 53.4 Å². The first kappa shape index (κ1) is 17.6. The molecule has 0 aliphatic carbocycles. The number of benzene rings is 2. The summed E-state index contributed by atoms with van der Waals surface area (Å²) in [5, 5.41) is -0.217. The van der Waals surface area contributed by atoms with Gasteiger partial charge in [-0.3, -0.25) is 9.52 Å². The summed E-state index contributed by atoms with van der Waals surface area (Å²) >= 11 is 1.51. The third-order valence-electron chi connectivity index (χ3n) is 3.14. The van der Waals surface area contributed by atoms with Crippen molar-refractivity contribution in [3.63, 3.8) is 0 Å². The van der Waals surface area contributed by atoms with E-state index < -0.39 is 10.0 Å². The molecule has 2 aromatic rings. The maximum Gasteiger partial charge on any atom is 0.229 e. The number of ketones is 1. The fourth-order valence-electron chi connectivity index (χ4n) is 2.10. The molecular formula is C17H19NO3S2. The van der Waals surface area contributed by atoms with E-state index in [1.54, 1.807) is 24.3 Å². The number of Topliss-reactive ketones (excluding diaryl/α,β-unsaturated/α-hetero) is 1. The highest BCUT2D eigenvalue weighted by Gasteiger charge is 2.16. The van der Waals surface area contributed by atoms with E-state index in [0.717, 1.165) is 16.7 Å².